The van der Waals surface area contributed by atoms with Gasteiger partial charge in [0.05, 0.1) is 10.9 Å². The maximum absolute atomic E-state index is 12.7. The van der Waals surface area contributed by atoms with Crippen molar-refractivity contribution in [3.8, 4) is 0 Å². The van der Waals surface area contributed by atoms with Gasteiger partial charge in [-0.25, -0.2) is 18.1 Å². The predicted molar refractivity (Wildman–Crippen MR) is 112 cm³/mol. The summed E-state index contributed by atoms with van der Waals surface area (Å²) >= 11 is 0. The van der Waals surface area contributed by atoms with E-state index in [4.69, 9.17) is 0 Å². The van der Waals surface area contributed by atoms with Gasteiger partial charge in [-0.05, 0) is 43.9 Å². The van der Waals surface area contributed by atoms with E-state index in [0.717, 1.165) is 38.8 Å². The Morgan fingerprint density at radius 2 is 1.90 bits per heavy atom. The molecule has 2 fully saturated rings. The fraction of sp³-hybridized carbons (Fsp3) is 0.550. The van der Waals surface area contributed by atoms with Crippen molar-refractivity contribution in [3.63, 3.8) is 0 Å². The molecule has 4 rings (SSSR count). The number of carbonyl (C=O) groups is 1. The molecule has 0 radical (unpaired) electrons. The molecule has 0 saturated carbocycles. The van der Waals surface area contributed by atoms with Crippen LogP contribution in [0, 0.1) is 0 Å². The molecule has 1 N–H and O–H groups in total. The highest BCUT2D eigenvalue weighted by Gasteiger charge is 2.27. The number of hydrogen-bond acceptors (Lipinski definition) is 6. The van der Waals surface area contributed by atoms with E-state index in [9.17, 15) is 13.2 Å². The van der Waals surface area contributed by atoms with E-state index in [-0.39, 0.29) is 10.8 Å². The lowest BCUT2D eigenvalue weighted by Crippen LogP contribution is -2.36. The Morgan fingerprint density at radius 1 is 1.13 bits per heavy atom. The normalized spacial score (nSPS) is 19.2. The molecule has 2 aromatic rings. The highest BCUT2D eigenvalue weighted by atomic mass is 32.2. The molecule has 2 aliphatic rings. The number of likely N-dealkylation sites (tertiary alicyclic amines) is 1. The number of rotatable bonds is 7. The molecule has 9 nitrogen and oxygen atoms in total. The van der Waals surface area contributed by atoms with Gasteiger partial charge in [0.25, 0.3) is 0 Å². The fourth-order valence-electron chi connectivity index (χ4n) is 4.11. The highest BCUT2D eigenvalue weighted by Crippen LogP contribution is 2.24. The van der Waals surface area contributed by atoms with E-state index in [1.54, 1.807) is 36.9 Å². The smallest absolute Gasteiger partial charge is 0.243 e. The third-order valence-corrected chi connectivity index (χ3v) is 7.74. The van der Waals surface area contributed by atoms with Crippen molar-refractivity contribution >= 4 is 21.6 Å². The molecule has 10 heteroatoms. The summed E-state index contributed by atoms with van der Waals surface area (Å²) in [5.41, 5.74) is 0.519. The van der Waals surface area contributed by atoms with Crippen molar-refractivity contribution in [2.45, 2.75) is 43.0 Å². The number of nitrogens with one attached hydrogen (secondary N) is 1. The summed E-state index contributed by atoms with van der Waals surface area (Å²) in [4.78, 5) is 18.9. The Balaban J connectivity index is 1.26. The molecule has 0 unspecified atom stereocenters. The zero-order valence-corrected chi connectivity index (χ0v) is 17.8. The Hall–Kier alpha value is -2.30. The van der Waals surface area contributed by atoms with Crippen molar-refractivity contribution in [2.75, 3.05) is 38.0 Å². The second kappa shape index (κ2) is 9.23. The Bertz CT molecular complexity index is 949. The van der Waals surface area contributed by atoms with E-state index < -0.39 is 10.0 Å². The van der Waals surface area contributed by atoms with Gasteiger partial charge in [0, 0.05) is 44.8 Å². The SMILES string of the molecule is O=C(CCN1CCC(n2cncn2)CC1)Nc1cccc(S(=O)(=O)N2CCCC2)c1. The van der Waals surface area contributed by atoms with Crippen LogP contribution in [0.5, 0.6) is 0 Å². The van der Waals surface area contributed by atoms with Gasteiger partial charge in [0.1, 0.15) is 12.7 Å². The molecule has 1 amide bonds. The topological polar surface area (TPSA) is 100 Å². The molecule has 3 heterocycles. The zero-order chi connectivity index (χ0) is 21.0. The quantitative estimate of drug-likeness (QED) is 0.715. The third kappa shape index (κ3) is 4.88. The molecule has 0 spiro atoms. The van der Waals surface area contributed by atoms with Gasteiger partial charge in [-0.1, -0.05) is 6.07 Å². The number of sulfonamides is 1. The van der Waals surface area contributed by atoms with Crippen molar-refractivity contribution in [1.82, 2.24) is 24.0 Å². The van der Waals surface area contributed by atoms with Crippen LogP contribution in [0.4, 0.5) is 5.69 Å². The van der Waals surface area contributed by atoms with Gasteiger partial charge in [-0.3, -0.25) is 4.79 Å². The number of anilines is 1. The lowest BCUT2D eigenvalue weighted by Gasteiger charge is -2.31. The van der Waals surface area contributed by atoms with Crippen LogP contribution in [0.2, 0.25) is 0 Å². The van der Waals surface area contributed by atoms with Crippen LogP contribution in [0.3, 0.4) is 0 Å². The minimum Gasteiger partial charge on any atom is -0.326 e. The molecule has 2 aliphatic heterocycles. The lowest BCUT2D eigenvalue weighted by molar-refractivity contribution is -0.116. The first-order chi connectivity index (χ1) is 14.5. The van der Waals surface area contributed by atoms with Gasteiger partial charge in [0.15, 0.2) is 0 Å². The highest BCUT2D eigenvalue weighted by molar-refractivity contribution is 7.89. The van der Waals surface area contributed by atoms with Crippen molar-refractivity contribution in [2.24, 2.45) is 0 Å². The maximum Gasteiger partial charge on any atom is 0.243 e. The summed E-state index contributed by atoms with van der Waals surface area (Å²) < 4.78 is 28.8. The summed E-state index contributed by atoms with van der Waals surface area (Å²) in [7, 11) is -3.49. The average Bonchev–Trinajstić information content (AvgIpc) is 3.47. The number of piperidine rings is 1. The lowest BCUT2D eigenvalue weighted by atomic mass is 10.1. The van der Waals surface area contributed by atoms with Crippen LogP contribution in [0.15, 0.2) is 41.8 Å². The van der Waals surface area contributed by atoms with Crippen LogP contribution in [-0.2, 0) is 14.8 Å². The summed E-state index contributed by atoms with van der Waals surface area (Å²) in [5, 5.41) is 7.06. The molecular formula is C20H28N6O3S. The van der Waals surface area contributed by atoms with Crippen LogP contribution < -0.4 is 5.32 Å². The number of nitrogens with zero attached hydrogens (tertiary/aromatic N) is 5. The van der Waals surface area contributed by atoms with E-state index in [0.29, 0.717) is 37.8 Å². The first-order valence-electron chi connectivity index (χ1n) is 10.5. The molecule has 0 bridgehead atoms. The van der Waals surface area contributed by atoms with Gasteiger partial charge in [-0.2, -0.15) is 9.40 Å². The second-order valence-electron chi connectivity index (χ2n) is 7.89. The average molecular weight is 433 g/mol. The van der Waals surface area contributed by atoms with Crippen LogP contribution in [0.1, 0.15) is 38.1 Å². The van der Waals surface area contributed by atoms with Gasteiger partial charge in [0.2, 0.25) is 15.9 Å². The molecule has 0 aliphatic carbocycles. The minimum absolute atomic E-state index is 0.107. The standard InChI is InChI=1S/C20H28N6O3S/c27-20(8-13-24-11-6-18(7-12-24)26-16-21-15-22-26)23-17-4-3-5-19(14-17)30(28,29)25-9-1-2-10-25/h3-5,14-16,18H,1-2,6-13H2,(H,23,27). The molecule has 2 saturated heterocycles. The predicted octanol–water partition coefficient (Wildman–Crippen LogP) is 1.73. The summed E-state index contributed by atoms with van der Waals surface area (Å²) in [6, 6.07) is 6.91. The molecule has 0 atom stereocenters. The molecule has 162 valence electrons. The molecule has 30 heavy (non-hydrogen) atoms. The molecule has 1 aromatic heterocycles. The van der Waals surface area contributed by atoms with Crippen LogP contribution in [0.25, 0.3) is 0 Å². The van der Waals surface area contributed by atoms with Gasteiger partial charge in [-0.15, -0.1) is 0 Å². The third-order valence-electron chi connectivity index (χ3n) is 5.84. The number of aromatic nitrogens is 3. The molecule has 1 aromatic carbocycles. The van der Waals surface area contributed by atoms with Gasteiger partial charge < -0.3 is 10.2 Å². The number of benzene rings is 1. The van der Waals surface area contributed by atoms with E-state index >= 15 is 0 Å². The number of carbonyl (C=O) groups excluding carboxylic acids is 1. The largest absolute Gasteiger partial charge is 0.326 e. The fourth-order valence-corrected chi connectivity index (χ4v) is 5.67. The summed E-state index contributed by atoms with van der Waals surface area (Å²) in [6.45, 7) is 3.64. The number of hydrogen-bond donors (Lipinski definition) is 1. The number of amides is 1. The monoisotopic (exact) mass is 432 g/mol. The van der Waals surface area contributed by atoms with Crippen molar-refractivity contribution in [3.05, 3.63) is 36.9 Å². The summed E-state index contributed by atoms with van der Waals surface area (Å²) in [5.74, 6) is -0.107. The van der Waals surface area contributed by atoms with Gasteiger partial charge >= 0.3 is 0 Å². The van der Waals surface area contributed by atoms with E-state index in [1.165, 1.54) is 4.31 Å². The maximum atomic E-state index is 12.7. The summed E-state index contributed by atoms with van der Waals surface area (Å²) in [6.07, 6.45) is 7.45. The van der Waals surface area contributed by atoms with E-state index in [1.807, 2.05) is 4.68 Å². The first-order valence-corrected chi connectivity index (χ1v) is 11.9. The first kappa shape index (κ1) is 21.0. The minimum atomic E-state index is -3.49. The van der Waals surface area contributed by atoms with E-state index in [2.05, 4.69) is 20.3 Å². The zero-order valence-electron chi connectivity index (χ0n) is 17.0. The second-order valence-corrected chi connectivity index (χ2v) is 9.82. The van der Waals surface area contributed by atoms with Crippen LogP contribution >= 0.6 is 0 Å². The Labute approximate surface area is 177 Å². The van der Waals surface area contributed by atoms with Crippen molar-refractivity contribution in [1.29, 1.82) is 0 Å². The van der Waals surface area contributed by atoms with Crippen LogP contribution in [-0.4, -0.2) is 71.0 Å². The van der Waals surface area contributed by atoms with Crippen molar-refractivity contribution < 1.29 is 13.2 Å². The molecular weight excluding hydrogens is 404 g/mol. The Kier molecular flexibility index (Phi) is 6.45. The Morgan fingerprint density at radius 3 is 2.60 bits per heavy atom.